The van der Waals surface area contributed by atoms with E-state index in [-0.39, 0.29) is 48.5 Å². The van der Waals surface area contributed by atoms with Gasteiger partial charge in [-0.15, -0.1) is 0 Å². The molecule has 0 saturated heterocycles. The second-order valence-corrected chi connectivity index (χ2v) is 8.43. The SMILES string of the molecule is CCC1CCC(C(=O)O)(C(=O)c2ccc(OCCO)c(-c3cccc(C(F)(F)F)c3)c2)CC1. The van der Waals surface area contributed by atoms with E-state index in [9.17, 15) is 27.9 Å². The molecule has 0 spiro atoms. The van der Waals surface area contributed by atoms with Gasteiger partial charge < -0.3 is 14.9 Å². The van der Waals surface area contributed by atoms with Crippen LogP contribution in [0.4, 0.5) is 13.2 Å². The first-order chi connectivity index (χ1) is 15.6. The maximum absolute atomic E-state index is 13.5. The van der Waals surface area contributed by atoms with Crippen LogP contribution in [0, 0.1) is 11.3 Å². The number of Topliss-reactive ketones (excluding diaryl/α,β-unsaturated/α-hetero) is 1. The van der Waals surface area contributed by atoms with Gasteiger partial charge in [0.2, 0.25) is 0 Å². The second kappa shape index (κ2) is 9.95. The summed E-state index contributed by atoms with van der Waals surface area (Å²) in [7, 11) is 0. The number of rotatable bonds is 8. The normalized spacial score (nSPS) is 20.9. The second-order valence-electron chi connectivity index (χ2n) is 8.43. The number of aliphatic hydroxyl groups is 1. The van der Waals surface area contributed by atoms with Gasteiger partial charge in [0, 0.05) is 11.1 Å². The van der Waals surface area contributed by atoms with E-state index in [1.165, 1.54) is 30.3 Å². The molecule has 0 aromatic heterocycles. The minimum atomic E-state index is -4.55. The molecule has 0 heterocycles. The number of aliphatic carboxylic acids is 1. The zero-order chi connectivity index (χ0) is 24.2. The number of alkyl halides is 3. The van der Waals surface area contributed by atoms with Gasteiger partial charge in [0.15, 0.2) is 5.78 Å². The molecule has 0 bridgehead atoms. The molecule has 1 aliphatic rings. The van der Waals surface area contributed by atoms with Gasteiger partial charge >= 0.3 is 12.1 Å². The van der Waals surface area contributed by atoms with Crippen molar-refractivity contribution in [3.05, 3.63) is 53.6 Å². The van der Waals surface area contributed by atoms with Gasteiger partial charge in [-0.1, -0.05) is 25.5 Å². The smallest absolute Gasteiger partial charge is 0.416 e. The van der Waals surface area contributed by atoms with Crippen LogP contribution in [0.2, 0.25) is 0 Å². The molecule has 0 atom stereocenters. The third kappa shape index (κ3) is 5.21. The van der Waals surface area contributed by atoms with Gasteiger partial charge in [0.25, 0.3) is 0 Å². The summed E-state index contributed by atoms with van der Waals surface area (Å²) in [6, 6.07) is 8.88. The highest BCUT2D eigenvalue weighted by Crippen LogP contribution is 2.44. The van der Waals surface area contributed by atoms with Crippen molar-refractivity contribution < 1.29 is 37.7 Å². The van der Waals surface area contributed by atoms with Crippen molar-refractivity contribution in [3.63, 3.8) is 0 Å². The van der Waals surface area contributed by atoms with Gasteiger partial charge in [-0.05, 0) is 67.5 Å². The van der Waals surface area contributed by atoms with Crippen LogP contribution in [0.3, 0.4) is 0 Å². The van der Waals surface area contributed by atoms with Gasteiger partial charge in [0.05, 0.1) is 12.2 Å². The van der Waals surface area contributed by atoms with E-state index in [1.54, 1.807) is 0 Å². The highest BCUT2D eigenvalue weighted by molar-refractivity contribution is 6.12. The fourth-order valence-electron chi connectivity index (χ4n) is 4.43. The molecule has 2 aromatic carbocycles. The Morgan fingerprint density at radius 2 is 1.82 bits per heavy atom. The van der Waals surface area contributed by atoms with Crippen LogP contribution in [-0.2, 0) is 11.0 Å². The maximum atomic E-state index is 13.5. The Morgan fingerprint density at radius 1 is 1.12 bits per heavy atom. The number of carboxylic acid groups (broad SMARTS) is 1. The van der Waals surface area contributed by atoms with Gasteiger partial charge in [0.1, 0.15) is 17.8 Å². The van der Waals surface area contributed by atoms with Crippen molar-refractivity contribution in [1.29, 1.82) is 0 Å². The van der Waals surface area contributed by atoms with Crippen LogP contribution in [0.1, 0.15) is 54.9 Å². The number of carboxylic acids is 1. The fraction of sp³-hybridized carbons (Fsp3) is 0.440. The monoisotopic (exact) mass is 464 g/mol. The Bertz CT molecular complexity index is 1010. The summed E-state index contributed by atoms with van der Waals surface area (Å²) in [5.41, 5.74) is -1.90. The molecule has 0 amide bonds. The first-order valence-corrected chi connectivity index (χ1v) is 11.0. The summed E-state index contributed by atoms with van der Waals surface area (Å²) in [5.74, 6) is -1.16. The molecule has 1 saturated carbocycles. The molecule has 1 fully saturated rings. The summed E-state index contributed by atoms with van der Waals surface area (Å²) in [6.45, 7) is 1.65. The molecule has 0 radical (unpaired) electrons. The van der Waals surface area contributed by atoms with E-state index in [0.29, 0.717) is 18.8 Å². The van der Waals surface area contributed by atoms with Crippen molar-refractivity contribution >= 4 is 11.8 Å². The topological polar surface area (TPSA) is 83.8 Å². The van der Waals surface area contributed by atoms with Crippen molar-refractivity contribution in [3.8, 4) is 16.9 Å². The lowest BCUT2D eigenvalue weighted by Gasteiger charge is -2.35. The third-order valence-electron chi connectivity index (χ3n) is 6.47. The maximum Gasteiger partial charge on any atom is 0.416 e. The molecule has 8 heteroatoms. The molecular weight excluding hydrogens is 437 g/mol. The van der Waals surface area contributed by atoms with Gasteiger partial charge in [-0.2, -0.15) is 13.2 Å². The number of benzene rings is 2. The first-order valence-electron chi connectivity index (χ1n) is 11.0. The number of halogens is 3. The van der Waals surface area contributed by atoms with E-state index >= 15 is 0 Å². The average Bonchev–Trinajstić information content (AvgIpc) is 2.81. The predicted molar refractivity (Wildman–Crippen MR) is 116 cm³/mol. The first kappa shape index (κ1) is 24.8. The Balaban J connectivity index is 2.06. The highest BCUT2D eigenvalue weighted by atomic mass is 19.4. The Labute approximate surface area is 190 Å². The lowest BCUT2D eigenvalue weighted by molar-refractivity contribution is -0.148. The van der Waals surface area contributed by atoms with Crippen LogP contribution in [0.5, 0.6) is 5.75 Å². The molecule has 2 aromatic rings. The molecule has 3 rings (SSSR count). The Hall–Kier alpha value is -2.87. The van der Waals surface area contributed by atoms with Gasteiger partial charge in [-0.25, -0.2) is 0 Å². The Morgan fingerprint density at radius 3 is 2.39 bits per heavy atom. The minimum Gasteiger partial charge on any atom is -0.491 e. The molecule has 178 valence electrons. The largest absolute Gasteiger partial charge is 0.491 e. The van der Waals surface area contributed by atoms with Crippen molar-refractivity contribution in [2.24, 2.45) is 11.3 Å². The zero-order valence-corrected chi connectivity index (χ0v) is 18.3. The number of ketones is 1. The van der Waals surface area contributed by atoms with Crippen LogP contribution < -0.4 is 4.74 Å². The highest BCUT2D eigenvalue weighted by Gasteiger charge is 2.48. The van der Waals surface area contributed by atoms with E-state index in [4.69, 9.17) is 9.84 Å². The lowest BCUT2D eigenvalue weighted by Crippen LogP contribution is -2.42. The van der Waals surface area contributed by atoms with E-state index in [0.717, 1.165) is 18.6 Å². The fourth-order valence-corrected chi connectivity index (χ4v) is 4.43. The van der Waals surface area contributed by atoms with Crippen LogP contribution in [0.15, 0.2) is 42.5 Å². The van der Waals surface area contributed by atoms with Crippen molar-refractivity contribution in [2.75, 3.05) is 13.2 Å². The number of aliphatic hydroxyl groups excluding tert-OH is 1. The zero-order valence-electron chi connectivity index (χ0n) is 18.3. The van der Waals surface area contributed by atoms with Crippen LogP contribution >= 0.6 is 0 Å². The number of carbonyl (C=O) groups is 2. The molecule has 1 aliphatic carbocycles. The van der Waals surface area contributed by atoms with Gasteiger partial charge in [-0.3, -0.25) is 9.59 Å². The third-order valence-corrected chi connectivity index (χ3v) is 6.47. The number of ether oxygens (including phenoxy) is 1. The summed E-state index contributed by atoms with van der Waals surface area (Å²) >= 11 is 0. The van der Waals surface area contributed by atoms with Crippen LogP contribution in [0.25, 0.3) is 11.1 Å². The molecule has 0 aliphatic heterocycles. The summed E-state index contributed by atoms with van der Waals surface area (Å²) < 4.78 is 45.2. The molecule has 0 unspecified atom stereocenters. The predicted octanol–water partition coefficient (Wildman–Crippen LogP) is 5.60. The Kier molecular flexibility index (Phi) is 7.47. The van der Waals surface area contributed by atoms with Crippen molar-refractivity contribution in [1.82, 2.24) is 0 Å². The quantitative estimate of drug-likeness (QED) is 0.393. The lowest BCUT2D eigenvalue weighted by atomic mass is 9.66. The van der Waals surface area contributed by atoms with Crippen molar-refractivity contribution in [2.45, 2.75) is 45.2 Å². The summed E-state index contributed by atoms with van der Waals surface area (Å²) in [5, 5.41) is 19.1. The minimum absolute atomic E-state index is 0.0866. The molecule has 33 heavy (non-hydrogen) atoms. The number of hydrogen-bond donors (Lipinski definition) is 2. The van der Waals surface area contributed by atoms with Crippen LogP contribution in [-0.4, -0.2) is 35.2 Å². The molecular formula is C25H27F3O5. The molecule has 2 N–H and O–H groups in total. The number of hydrogen-bond acceptors (Lipinski definition) is 4. The summed E-state index contributed by atoms with van der Waals surface area (Å²) in [4.78, 5) is 25.7. The summed E-state index contributed by atoms with van der Waals surface area (Å²) in [6.07, 6.45) is -1.93. The standard InChI is InChI=1S/C25H27F3O5/c1-2-16-8-10-24(11-9-16,23(31)32)22(30)18-6-7-21(33-13-12-29)20(15-18)17-4-3-5-19(14-17)25(26,27)28/h3-7,14-16,29H,2,8-13H2,1H3,(H,31,32). The van der Waals surface area contributed by atoms with E-state index < -0.39 is 28.9 Å². The number of carbonyl (C=O) groups excluding carboxylic acids is 1. The molecule has 5 nitrogen and oxygen atoms in total. The van der Waals surface area contributed by atoms with E-state index in [2.05, 4.69) is 0 Å². The van der Waals surface area contributed by atoms with E-state index in [1.807, 2.05) is 6.92 Å². The average molecular weight is 464 g/mol.